The lowest BCUT2D eigenvalue weighted by Gasteiger charge is -2.20. The van der Waals surface area contributed by atoms with Gasteiger partial charge in [-0.15, -0.1) is 0 Å². The summed E-state index contributed by atoms with van der Waals surface area (Å²) in [5.41, 5.74) is 3.58. The van der Waals surface area contributed by atoms with E-state index in [1.54, 1.807) is 0 Å². The molecule has 2 nitrogen and oxygen atoms in total. The summed E-state index contributed by atoms with van der Waals surface area (Å²) in [5, 5.41) is 12.6. The van der Waals surface area contributed by atoms with Crippen molar-refractivity contribution in [3.63, 3.8) is 0 Å². The van der Waals surface area contributed by atoms with Gasteiger partial charge in [0.05, 0.1) is 6.61 Å². The Morgan fingerprint density at radius 2 is 2.31 bits per heavy atom. The molecule has 1 aromatic carbocycles. The van der Waals surface area contributed by atoms with Crippen molar-refractivity contribution in [2.45, 2.75) is 19.3 Å². The van der Waals surface area contributed by atoms with Crippen LogP contribution in [0.5, 0.6) is 0 Å². The number of aliphatic hydroxyl groups excluding tert-OH is 1. The molecule has 0 bridgehead atoms. The van der Waals surface area contributed by atoms with Crippen molar-refractivity contribution in [2.75, 3.05) is 18.5 Å². The summed E-state index contributed by atoms with van der Waals surface area (Å²) < 4.78 is 0. The molecule has 1 heterocycles. The lowest BCUT2D eigenvalue weighted by Crippen LogP contribution is -2.28. The molecule has 0 radical (unpaired) electrons. The van der Waals surface area contributed by atoms with Crippen LogP contribution in [0.1, 0.15) is 18.1 Å². The normalized spacial score (nSPS) is 25.5. The van der Waals surface area contributed by atoms with Gasteiger partial charge < -0.3 is 10.4 Å². The van der Waals surface area contributed by atoms with Crippen LogP contribution in [0.3, 0.4) is 0 Å². The average molecular weight is 177 g/mol. The zero-order valence-corrected chi connectivity index (χ0v) is 8.09. The molecule has 0 aliphatic carbocycles. The lowest BCUT2D eigenvalue weighted by molar-refractivity contribution is 0.218. The maximum atomic E-state index is 9.30. The van der Waals surface area contributed by atoms with Crippen LogP contribution in [0.4, 0.5) is 5.69 Å². The molecule has 0 saturated heterocycles. The third kappa shape index (κ3) is 1.22. The second kappa shape index (κ2) is 2.74. The molecule has 0 amide bonds. The number of benzene rings is 1. The fourth-order valence-electron chi connectivity index (χ4n) is 1.86. The van der Waals surface area contributed by atoms with Gasteiger partial charge in [-0.1, -0.05) is 19.1 Å². The lowest BCUT2D eigenvalue weighted by atomic mass is 9.85. The van der Waals surface area contributed by atoms with Gasteiger partial charge in [-0.2, -0.15) is 0 Å². The van der Waals surface area contributed by atoms with E-state index < -0.39 is 0 Å². The van der Waals surface area contributed by atoms with E-state index >= 15 is 0 Å². The molecule has 70 valence electrons. The first-order valence-electron chi connectivity index (χ1n) is 4.61. The van der Waals surface area contributed by atoms with Crippen LogP contribution in [0.15, 0.2) is 18.2 Å². The van der Waals surface area contributed by atoms with Crippen molar-refractivity contribution in [3.05, 3.63) is 29.3 Å². The van der Waals surface area contributed by atoms with Gasteiger partial charge in [-0.05, 0) is 24.1 Å². The minimum Gasteiger partial charge on any atom is -0.395 e. The SMILES string of the molecule is Cc1ccc2c(c1)NCC2(C)CO. The smallest absolute Gasteiger partial charge is 0.0543 e. The molecule has 13 heavy (non-hydrogen) atoms. The highest BCUT2D eigenvalue weighted by Gasteiger charge is 2.33. The summed E-state index contributed by atoms with van der Waals surface area (Å²) in [7, 11) is 0. The Morgan fingerprint density at radius 3 is 3.00 bits per heavy atom. The molecule has 1 unspecified atom stereocenters. The van der Waals surface area contributed by atoms with Crippen molar-refractivity contribution in [1.82, 2.24) is 0 Å². The molecule has 0 spiro atoms. The Bertz CT molecular complexity index is 335. The Morgan fingerprint density at radius 1 is 1.54 bits per heavy atom. The highest BCUT2D eigenvalue weighted by atomic mass is 16.3. The van der Waals surface area contributed by atoms with E-state index in [9.17, 15) is 5.11 Å². The van der Waals surface area contributed by atoms with Crippen molar-refractivity contribution >= 4 is 5.69 Å². The van der Waals surface area contributed by atoms with Crippen LogP contribution in [0, 0.1) is 6.92 Å². The van der Waals surface area contributed by atoms with E-state index in [0.717, 1.165) is 6.54 Å². The quantitative estimate of drug-likeness (QED) is 0.684. The maximum Gasteiger partial charge on any atom is 0.0543 e. The van der Waals surface area contributed by atoms with Crippen molar-refractivity contribution < 1.29 is 5.11 Å². The molecule has 2 rings (SSSR count). The second-order valence-electron chi connectivity index (χ2n) is 4.12. The van der Waals surface area contributed by atoms with E-state index in [0.29, 0.717) is 0 Å². The first-order valence-corrected chi connectivity index (χ1v) is 4.61. The summed E-state index contributed by atoms with van der Waals surface area (Å²) in [4.78, 5) is 0. The van der Waals surface area contributed by atoms with Crippen LogP contribution < -0.4 is 5.32 Å². The summed E-state index contributed by atoms with van der Waals surface area (Å²) in [6.45, 7) is 5.20. The van der Waals surface area contributed by atoms with Crippen molar-refractivity contribution in [2.24, 2.45) is 0 Å². The molecule has 2 heteroatoms. The number of aliphatic hydroxyl groups is 1. The van der Waals surface area contributed by atoms with Crippen molar-refractivity contribution in [1.29, 1.82) is 0 Å². The van der Waals surface area contributed by atoms with Crippen molar-refractivity contribution in [3.8, 4) is 0 Å². The first kappa shape index (κ1) is 8.57. The van der Waals surface area contributed by atoms with Crippen LogP contribution in [0.2, 0.25) is 0 Å². The van der Waals surface area contributed by atoms with Gasteiger partial charge in [0.1, 0.15) is 0 Å². The third-order valence-corrected chi connectivity index (χ3v) is 2.84. The second-order valence-corrected chi connectivity index (χ2v) is 4.12. The number of rotatable bonds is 1. The molecular weight excluding hydrogens is 162 g/mol. The number of nitrogens with one attached hydrogen (secondary N) is 1. The van der Waals surface area contributed by atoms with Crippen LogP contribution in [-0.2, 0) is 5.41 Å². The topological polar surface area (TPSA) is 32.3 Å². The van der Waals surface area contributed by atoms with Gasteiger partial charge >= 0.3 is 0 Å². The number of anilines is 1. The van der Waals surface area contributed by atoms with E-state index in [2.05, 4.69) is 37.4 Å². The zero-order valence-electron chi connectivity index (χ0n) is 8.09. The highest BCUT2D eigenvalue weighted by molar-refractivity contribution is 5.61. The Balaban J connectivity index is 2.49. The summed E-state index contributed by atoms with van der Waals surface area (Å²) in [5.74, 6) is 0. The largest absolute Gasteiger partial charge is 0.395 e. The molecule has 1 aromatic rings. The Hall–Kier alpha value is -1.02. The number of aryl methyl sites for hydroxylation is 1. The molecule has 0 fully saturated rings. The number of fused-ring (bicyclic) bond motifs is 1. The van der Waals surface area contributed by atoms with Gasteiger partial charge in [0.25, 0.3) is 0 Å². The van der Waals surface area contributed by atoms with E-state index in [1.165, 1.54) is 16.8 Å². The van der Waals surface area contributed by atoms with Crippen LogP contribution in [0.25, 0.3) is 0 Å². The van der Waals surface area contributed by atoms with Crippen LogP contribution >= 0.6 is 0 Å². The Kier molecular flexibility index (Phi) is 1.81. The summed E-state index contributed by atoms with van der Waals surface area (Å²) >= 11 is 0. The molecule has 2 N–H and O–H groups in total. The molecular formula is C11H15NO. The van der Waals surface area contributed by atoms with Gasteiger partial charge in [0, 0.05) is 17.6 Å². The van der Waals surface area contributed by atoms with Gasteiger partial charge in [0.15, 0.2) is 0 Å². The van der Waals surface area contributed by atoms with E-state index in [-0.39, 0.29) is 12.0 Å². The minimum atomic E-state index is -0.0942. The zero-order chi connectivity index (χ0) is 9.47. The molecule has 0 aromatic heterocycles. The summed E-state index contributed by atoms with van der Waals surface area (Å²) in [6.07, 6.45) is 0. The fourth-order valence-corrected chi connectivity index (χ4v) is 1.86. The maximum absolute atomic E-state index is 9.30. The fraction of sp³-hybridized carbons (Fsp3) is 0.455. The third-order valence-electron chi connectivity index (χ3n) is 2.84. The van der Waals surface area contributed by atoms with Gasteiger partial charge in [-0.25, -0.2) is 0 Å². The number of hydrogen-bond acceptors (Lipinski definition) is 2. The first-order chi connectivity index (χ1) is 6.15. The Labute approximate surface area is 78.6 Å². The minimum absolute atomic E-state index is 0.0942. The predicted molar refractivity (Wildman–Crippen MR) is 54.1 cm³/mol. The van der Waals surface area contributed by atoms with Crippen LogP contribution in [-0.4, -0.2) is 18.3 Å². The molecule has 1 aliphatic rings. The monoisotopic (exact) mass is 177 g/mol. The molecule has 1 atom stereocenters. The molecule has 1 aliphatic heterocycles. The summed E-state index contributed by atoms with van der Waals surface area (Å²) in [6, 6.07) is 6.34. The number of hydrogen-bond donors (Lipinski definition) is 2. The van der Waals surface area contributed by atoms with E-state index in [4.69, 9.17) is 0 Å². The highest BCUT2D eigenvalue weighted by Crippen LogP contribution is 2.36. The van der Waals surface area contributed by atoms with Gasteiger partial charge in [-0.3, -0.25) is 0 Å². The standard InChI is InChI=1S/C11H15NO/c1-8-3-4-9-10(5-8)12-6-11(9,2)7-13/h3-5,12-13H,6-7H2,1-2H3. The van der Waals surface area contributed by atoms with Gasteiger partial charge in [0.2, 0.25) is 0 Å². The average Bonchev–Trinajstić information content (AvgIpc) is 2.45. The predicted octanol–water partition coefficient (Wildman–Crippen LogP) is 1.67. The molecule has 0 saturated carbocycles. The van der Waals surface area contributed by atoms with E-state index in [1.807, 2.05) is 0 Å².